The zero-order valence-corrected chi connectivity index (χ0v) is 26.2. The van der Waals surface area contributed by atoms with Crippen LogP contribution in [0.25, 0.3) is 0 Å². The Bertz CT molecular complexity index is 1090. The fourth-order valence-electron chi connectivity index (χ4n) is 3.32. The SMILES string of the molecule is CC(C)(C)c1ccn(C(n2ccc(C(C)(C)C)n2)(n2ccc(C(C)(C)C)n2)S(=O)(=O)[O-])n1.[Tl+]. The van der Waals surface area contributed by atoms with Crippen molar-refractivity contribution < 1.29 is 13.0 Å². The molecular formula is C22H33N6O3STl. The van der Waals surface area contributed by atoms with Gasteiger partial charge in [-0.05, 0) is 18.2 Å². The molecule has 9 nitrogen and oxygen atoms in total. The molecule has 0 amide bonds. The average Bonchev–Trinajstić information content (AvgIpc) is 3.34. The van der Waals surface area contributed by atoms with E-state index in [1.807, 2.05) is 62.3 Å². The van der Waals surface area contributed by atoms with Crippen molar-refractivity contribution in [1.82, 2.24) is 29.3 Å². The third-order valence-corrected chi connectivity index (χ3v) is 6.54. The Kier molecular flexibility index (Phi) is 7.22. The Balaban J connectivity index is 0.00000385. The minimum Gasteiger partial charge on any atom is -0.743 e. The van der Waals surface area contributed by atoms with Gasteiger partial charge in [0.25, 0.3) is 0 Å². The molecule has 0 unspecified atom stereocenters. The predicted octanol–water partition coefficient (Wildman–Crippen LogP) is 3.00. The van der Waals surface area contributed by atoms with Crippen LogP contribution in [0.2, 0.25) is 0 Å². The molecule has 3 aromatic heterocycles. The van der Waals surface area contributed by atoms with Gasteiger partial charge in [-0.3, -0.25) is 0 Å². The Morgan fingerprint density at radius 3 is 1.03 bits per heavy atom. The second-order valence-electron chi connectivity index (χ2n) is 11.2. The van der Waals surface area contributed by atoms with Gasteiger partial charge < -0.3 is 4.55 Å². The van der Waals surface area contributed by atoms with Crippen LogP contribution in [0.3, 0.4) is 0 Å². The molecule has 0 spiro atoms. The molecule has 3 heterocycles. The summed E-state index contributed by atoms with van der Waals surface area (Å²) < 4.78 is 42.7. The first-order valence-corrected chi connectivity index (χ1v) is 11.9. The van der Waals surface area contributed by atoms with Gasteiger partial charge in [0.1, 0.15) is 0 Å². The molecule has 0 N–H and O–H groups in total. The van der Waals surface area contributed by atoms with E-state index in [1.54, 1.807) is 18.2 Å². The first kappa shape index (κ1) is 27.7. The predicted molar refractivity (Wildman–Crippen MR) is 127 cm³/mol. The van der Waals surface area contributed by atoms with Gasteiger partial charge >= 0.3 is 32.4 Å². The topological polar surface area (TPSA) is 111 Å². The zero-order valence-electron chi connectivity index (χ0n) is 20.9. The fraction of sp³-hybridized carbons (Fsp3) is 0.591. The van der Waals surface area contributed by atoms with E-state index < -0.39 is 15.2 Å². The minimum atomic E-state index is -5.13. The molecular weight excluding hydrogens is 633 g/mol. The average molecular weight is 666 g/mol. The van der Waals surface area contributed by atoms with Crippen molar-refractivity contribution in [3.05, 3.63) is 53.9 Å². The molecule has 0 aliphatic carbocycles. The molecule has 178 valence electrons. The van der Waals surface area contributed by atoms with Crippen LogP contribution in [0.4, 0.5) is 0 Å². The molecule has 0 fully saturated rings. The molecule has 3 rings (SSSR count). The molecule has 0 saturated heterocycles. The normalized spacial score (nSPS) is 13.8. The fourth-order valence-corrected chi connectivity index (χ4v) is 4.31. The van der Waals surface area contributed by atoms with Gasteiger partial charge in [-0.25, -0.2) is 22.5 Å². The molecule has 0 atom stereocenters. The van der Waals surface area contributed by atoms with Crippen molar-refractivity contribution in [1.29, 1.82) is 0 Å². The number of hydrogen-bond donors (Lipinski definition) is 0. The summed E-state index contributed by atoms with van der Waals surface area (Å²) in [6.45, 7) is 17.7. The zero-order chi connectivity index (χ0) is 24.3. The summed E-state index contributed by atoms with van der Waals surface area (Å²) in [5.41, 5.74) is 0.840. The van der Waals surface area contributed by atoms with Crippen molar-refractivity contribution in [3.63, 3.8) is 0 Å². The molecule has 11 heteroatoms. The van der Waals surface area contributed by atoms with E-state index in [1.165, 1.54) is 18.6 Å². The van der Waals surface area contributed by atoms with E-state index in [0.29, 0.717) is 17.1 Å². The van der Waals surface area contributed by atoms with Crippen molar-refractivity contribution in [3.8, 4) is 0 Å². The Hall–Kier alpha value is -1.54. The molecule has 0 aliphatic heterocycles. The van der Waals surface area contributed by atoms with Gasteiger partial charge in [0, 0.05) is 34.8 Å². The number of nitrogens with zero attached hydrogens (tertiary/aromatic N) is 6. The molecule has 0 radical (unpaired) electrons. The van der Waals surface area contributed by atoms with E-state index in [0.717, 1.165) is 14.0 Å². The van der Waals surface area contributed by atoms with Crippen LogP contribution < -0.4 is 0 Å². The van der Waals surface area contributed by atoms with Crippen molar-refractivity contribution >= 4 is 37.4 Å². The maximum absolute atomic E-state index is 13.1. The summed E-state index contributed by atoms with van der Waals surface area (Å²) >= 11 is 0. The second-order valence-corrected chi connectivity index (χ2v) is 12.7. The molecule has 3 aromatic rings. The standard InChI is InChI=1S/C22H34N6O3S.Tl/c1-19(2,3)16-10-13-26(23-16)22(32(29,30)31,27-14-11-17(24-27)20(4,5)6)28-15-12-18(25-28)21(7,8)9;/h10-15H,1-9H3,(H,29,30,31);/q;+1/p-1. The molecule has 0 saturated carbocycles. The quantitative estimate of drug-likeness (QED) is 0.313. The first-order chi connectivity index (χ1) is 14.4. The minimum absolute atomic E-state index is 0. The second kappa shape index (κ2) is 8.60. The van der Waals surface area contributed by atoms with Gasteiger partial charge in [0.05, 0.1) is 17.1 Å². The summed E-state index contributed by atoms with van der Waals surface area (Å²) in [7, 11) is -5.13. The van der Waals surface area contributed by atoms with E-state index in [-0.39, 0.29) is 43.5 Å². The van der Waals surface area contributed by atoms with Crippen LogP contribution in [0.15, 0.2) is 36.8 Å². The number of hydrogen-bond acceptors (Lipinski definition) is 6. The third kappa shape index (κ3) is 4.97. The maximum atomic E-state index is 13.1. The summed E-state index contributed by atoms with van der Waals surface area (Å²) in [6.07, 6.45) is 4.48. The monoisotopic (exact) mass is 666 g/mol. The molecule has 0 aromatic carbocycles. The van der Waals surface area contributed by atoms with Crippen molar-refractivity contribution in [2.45, 2.75) is 83.7 Å². The molecule has 0 bridgehead atoms. The van der Waals surface area contributed by atoms with Gasteiger partial charge in [-0.15, -0.1) is 0 Å². The molecule has 33 heavy (non-hydrogen) atoms. The summed E-state index contributed by atoms with van der Waals surface area (Å²) in [4.78, 5) is 0. The van der Waals surface area contributed by atoms with Crippen molar-refractivity contribution in [2.24, 2.45) is 0 Å². The smallest absolute Gasteiger partial charge is 0.743 e. The van der Waals surface area contributed by atoms with Crippen LogP contribution in [-0.4, -0.2) is 69.6 Å². The molecule has 0 aliphatic rings. The van der Waals surface area contributed by atoms with Crippen LogP contribution in [0.1, 0.15) is 79.4 Å². The van der Waals surface area contributed by atoms with E-state index in [4.69, 9.17) is 0 Å². The van der Waals surface area contributed by atoms with Crippen LogP contribution >= 0.6 is 0 Å². The van der Waals surface area contributed by atoms with Crippen LogP contribution in [0, 0.1) is 0 Å². The van der Waals surface area contributed by atoms with Gasteiger partial charge in [-0.1, -0.05) is 62.3 Å². The largest absolute Gasteiger partial charge is 1.00 e. The van der Waals surface area contributed by atoms with Gasteiger partial charge in [-0.2, -0.15) is 15.3 Å². The maximum Gasteiger partial charge on any atom is 1.00 e. The summed E-state index contributed by atoms with van der Waals surface area (Å²) in [5.74, 6) is 0. The van der Waals surface area contributed by atoms with Crippen LogP contribution in [0.5, 0.6) is 0 Å². The Morgan fingerprint density at radius 1 is 0.636 bits per heavy atom. The van der Waals surface area contributed by atoms with E-state index >= 15 is 0 Å². The Morgan fingerprint density at radius 2 is 0.879 bits per heavy atom. The summed E-state index contributed by atoms with van der Waals surface area (Å²) in [5, 5.41) is 11.2. The number of aromatic nitrogens is 6. The third-order valence-electron chi connectivity index (χ3n) is 5.30. The first-order valence-electron chi connectivity index (χ1n) is 10.5. The van der Waals surface area contributed by atoms with Crippen LogP contribution in [-0.2, 0) is 31.5 Å². The van der Waals surface area contributed by atoms with E-state index in [9.17, 15) is 13.0 Å². The van der Waals surface area contributed by atoms with Crippen molar-refractivity contribution in [2.75, 3.05) is 0 Å². The number of rotatable bonds is 4. The van der Waals surface area contributed by atoms with Gasteiger partial charge in [0.2, 0.25) is 0 Å². The van der Waals surface area contributed by atoms with Gasteiger partial charge in [0.15, 0.2) is 10.1 Å². The Labute approximate surface area is 216 Å². The summed E-state index contributed by atoms with van der Waals surface area (Å²) in [6, 6.07) is 5.13. The van der Waals surface area contributed by atoms with E-state index in [2.05, 4.69) is 15.3 Å².